The first kappa shape index (κ1) is 18.2. The number of nitrogen functional groups attached to an aromatic ring is 1. The molecule has 0 spiro atoms. The number of nitrogens with two attached hydrogens (primary N) is 1. The van der Waals surface area contributed by atoms with Crippen LogP contribution in [0.25, 0.3) is 11.1 Å². The number of carbonyl (C=O) groups excluding carboxylic acids is 1. The number of H-pyrrole nitrogens is 2. The zero-order valence-electron chi connectivity index (χ0n) is 16.0. The molecule has 0 radical (unpaired) electrons. The largest absolute Gasteiger partial charge is 0.367 e. The van der Waals surface area contributed by atoms with Gasteiger partial charge in [-0.3, -0.25) is 15.0 Å². The second-order valence-corrected chi connectivity index (χ2v) is 7.31. The lowest BCUT2D eigenvalue weighted by molar-refractivity contribution is -0.132. The Morgan fingerprint density at radius 3 is 2.71 bits per heavy atom. The van der Waals surface area contributed by atoms with E-state index in [0.717, 1.165) is 25.9 Å². The van der Waals surface area contributed by atoms with Crippen molar-refractivity contribution in [1.29, 1.82) is 0 Å². The number of aromatic amines is 2. The second kappa shape index (κ2) is 7.84. The first-order valence-electron chi connectivity index (χ1n) is 9.65. The fourth-order valence-corrected chi connectivity index (χ4v) is 3.92. The highest BCUT2D eigenvalue weighted by Crippen LogP contribution is 2.35. The van der Waals surface area contributed by atoms with Crippen molar-refractivity contribution >= 4 is 11.9 Å². The van der Waals surface area contributed by atoms with Gasteiger partial charge in [-0.05, 0) is 30.9 Å². The SMILES string of the molecule is Cc1ccccc1-c1cn[nH]c1C1CCN(C(=O)CCc2nc(N)n[nH]2)CC1. The van der Waals surface area contributed by atoms with Crippen molar-refractivity contribution in [3.8, 4) is 11.1 Å². The van der Waals surface area contributed by atoms with Gasteiger partial charge in [0.2, 0.25) is 11.9 Å². The molecule has 0 aliphatic carbocycles. The summed E-state index contributed by atoms with van der Waals surface area (Å²) >= 11 is 0. The highest BCUT2D eigenvalue weighted by Gasteiger charge is 2.27. The van der Waals surface area contributed by atoms with Crippen LogP contribution in [0.2, 0.25) is 0 Å². The Balaban J connectivity index is 1.36. The summed E-state index contributed by atoms with van der Waals surface area (Å²) in [4.78, 5) is 18.5. The number of hydrogen-bond donors (Lipinski definition) is 3. The van der Waals surface area contributed by atoms with Crippen LogP contribution in [-0.2, 0) is 11.2 Å². The number of carbonyl (C=O) groups is 1. The number of piperidine rings is 1. The molecule has 3 heterocycles. The predicted octanol–water partition coefficient (Wildman–Crippen LogP) is 2.42. The molecule has 0 atom stereocenters. The Bertz CT molecular complexity index is 953. The molecule has 2 aromatic heterocycles. The van der Waals surface area contributed by atoms with E-state index in [0.29, 0.717) is 24.6 Å². The maximum atomic E-state index is 12.5. The fourth-order valence-electron chi connectivity index (χ4n) is 3.92. The van der Waals surface area contributed by atoms with Crippen LogP contribution in [0.15, 0.2) is 30.5 Å². The molecule has 1 saturated heterocycles. The van der Waals surface area contributed by atoms with Gasteiger partial charge >= 0.3 is 0 Å². The summed E-state index contributed by atoms with van der Waals surface area (Å²) in [6, 6.07) is 8.37. The van der Waals surface area contributed by atoms with Crippen molar-refractivity contribution in [1.82, 2.24) is 30.3 Å². The van der Waals surface area contributed by atoms with E-state index < -0.39 is 0 Å². The molecule has 1 aliphatic rings. The van der Waals surface area contributed by atoms with Crippen LogP contribution in [0.4, 0.5) is 5.95 Å². The van der Waals surface area contributed by atoms with Gasteiger partial charge in [0.25, 0.3) is 0 Å². The van der Waals surface area contributed by atoms with E-state index in [1.807, 2.05) is 11.1 Å². The molecule has 1 amide bonds. The summed E-state index contributed by atoms with van der Waals surface area (Å²) in [6.07, 6.45) is 4.72. The Morgan fingerprint density at radius 1 is 1.21 bits per heavy atom. The average Bonchev–Trinajstić information content (AvgIpc) is 3.36. The standard InChI is InChI=1S/C20H25N7O/c1-13-4-2-3-5-15(13)16-12-22-25-19(16)14-8-10-27(11-9-14)18(28)7-6-17-23-20(21)26-24-17/h2-5,12,14H,6-11H2,1H3,(H,22,25)(H3,21,23,24,26). The summed E-state index contributed by atoms with van der Waals surface area (Å²) in [5.74, 6) is 1.40. The summed E-state index contributed by atoms with van der Waals surface area (Å²) in [7, 11) is 0. The zero-order valence-corrected chi connectivity index (χ0v) is 16.0. The molecule has 1 aliphatic heterocycles. The van der Waals surface area contributed by atoms with Crippen molar-refractivity contribution in [2.24, 2.45) is 0 Å². The van der Waals surface area contributed by atoms with Crippen molar-refractivity contribution in [2.45, 2.75) is 38.5 Å². The Morgan fingerprint density at radius 2 is 2.00 bits per heavy atom. The van der Waals surface area contributed by atoms with Crippen LogP contribution in [0, 0.1) is 6.92 Å². The van der Waals surface area contributed by atoms with Crippen molar-refractivity contribution in [2.75, 3.05) is 18.8 Å². The lowest BCUT2D eigenvalue weighted by Crippen LogP contribution is -2.38. The second-order valence-electron chi connectivity index (χ2n) is 7.31. The molecule has 4 rings (SSSR count). The molecule has 1 fully saturated rings. The number of aromatic nitrogens is 5. The summed E-state index contributed by atoms with van der Waals surface area (Å²) in [5, 5.41) is 14.1. The van der Waals surface area contributed by atoms with Gasteiger partial charge in [-0.2, -0.15) is 10.1 Å². The minimum atomic E-state index is 0.150. The third-order valence-electron chi connectivity index (χ3n) is 5.48. The number of likely N-dealkylation sites (tertiary alicyclic amines) is 1. The van der Waals surface area contributed by atoms with E-state index >= 15 is 0 Å². The molecule has 0 bridgehead atoms. The third-order valence-corrected chi connectivity index (χ3v) is 5.48. The third kappa shape index (κ3) is 3.76. The molecule has 146 valence electrons. The predicted molar refractivity (Wildman–Crippen MR) is 106 cm³/mol. The lowest BCUT2D eigenvalue weighted by Gasteiger charge is -2.32. The van der Waals surface area contributed by atoms with E-state index in [9.17, 15) is 4.79 Å². The molecule has 1 aromatic carbocycles. The van der Waals surface area contributed by atoms with Gasteiger partial charge in [0, 0.05) is 43.1 Å². The first-order valence-corrected chi connectivity index (χ1v) is 9.65. The molecule has 28 heavy (non-hydrogen) atoms. The number of nitrogens with one attached hydrogen (secondary N) is 2. The van der Waals surface area contributed by atoms with Gasteiger partial charge < -0.3 is 10.6 Å². The zero-order chi connectivity index (χ0) is 19.5. The Labute approximate surface area is 163 Å². The summed E-state index contributed by atoms with van der Waals surface area (Å²) in [5.41, 5.74) is 10.3. The normalized spacial score (nSPS) is 15.1. The highest BCUT2D eigenvalue weighted by atomic mass is 16.2. The number of aryl methyl sites for hydroxylation is 2. The van der Waals surface area contributed by atoms with Gasteiger partial charge in [0.15, 0.2) is 0 Å². The number of benzene rings is 1. The summed E-state index contributed by atoms with van der Waals surface area (Å²) in [6.45, 7) is 3.64. The van der Waals surface area contributed by atoms with Gasteiger partial charge in [-0.15, -0.1) is 5.10 Å². The van der Waals surface area contributed by atoms with Gasteiger partial charge in [-0.25, -0.2) is 0 Å². The van der Waals surface area contributed by atoms with Crippen LogP contribution in [0.5, 0.6) is 0 Å². The number of nitrogens with zero attached hydrogens (tertiary/aromatic N) is 4. The van der Waals surface area contributed by atoms with E-state index in [1.165, 1.54) is 22.4 Å². The number of rotatable bonds is 5. The van der Waals surface area contributed by atoms with Gasteiger partial charge in [0.05, 0.1) is 6.20 Å². The van der Waals surface area contributed by atoms with Crippen LogP contribution in [0.1, 0.15) is 42.3 Å². The molecule has 8 heteroatoms. The fraction of sp³-hybridized carbons (Fsp3) is 0.400. The molecule has 3 aromatic rings. The number of anilines is 1. The van der Waals surface area contributed by atoms with Gasteiger partial charge in [-0.1, -0.05) is 24.3 Å². The maximum Gasteiger partial charge on any atom is 0.239 e. The minimum Gasteiger partial charge on any atom is -0.367 e. The first-order chi connectivity index (χ1) is 13.6. The van der Waals surface area contributed by atoms with E-state index in [4.69, 9.17) is 5.73 Å². The Hall–Kier alpha value is -3.16. The lowest BCUT2D eigenvalue weighted by atomic mass is 9.88. The average molecular weight is 379 g/mol. The number of amides is 1. The van der Waals surface area contributed by atoms with Crippen LogP contribution >= 0.6 is 0 Å². The molecule has 0 unspecified atom stereocenters. The Kier molecular flexibility index (Phi) is 5.10. The molecular formula is C20H25N7O. The topological polar surface area (TPSA) is 117 Å². The molecule has 4 N–H and O–H groups in total. The maximum absolute atomic E-state index is 12.5. The van der Waals surface area contributed by atoms with E-state index in [2.05, 4.69) is 56.6 Å². The van der Waals surface area contributed by atoms with E-state index in [1.54, 1.807) is 0 Å². The van der Waals surface area contributed by atoms with Crippen molar-refractivity contribution in [3.05, 3.63) is 47.5 Å². The van der Waals surface area contributed by atoms with Crippen molar-refractivity contribution in [3.63, 3.8) is 0 Å². The molecular weight excluding hydrogens is 354 g/mol. The van der Waals surface area contributed by atoms with E-state index in [-0.39, 0.29) is 11.9 Å². The highest BCUT2D eigenvalue weighted by molar-refractivity contribution is 5.76. The molecule has 0 saturated carbocycles. The number of hydrogen-bond acceptors (Lipinski definition) is 5. The molecule has 8 nitrogen and oxygen atoms in total. The van der Waals surface area contributed by atoms with Crippen LogP contribution in [-0.4, -0.2) is 49.3 Å². The quantitative estimate of drug-likeness (QED) is 0.629. The monoisotopic (exact) mass is 379 g/mol. The van der Waals surface area contributed by atoms with Crippen LogP contribution in [0.3, 0.4) is 0 Å². The summed E-state index contributed by atoms with van der Waals surface area (Å²) < 4.78 is 0. The smallest absolute Gasteiger partial charge is 0.239 e. The van der Waals surface area contributed by atoms with Gasteiger partial charge in [0.1, 0.15) is 5.82 Å². The minimum absolute atomic E-state index is 0.150. The van der Waals surface area contributed by atoms with Crippen molar-refractivity contribution < 1.29 is 4.79 Å². The van der Waals surface area contributed by atoms with Crippen LogP contribution < -0.4 is 5.73 Å².